The minimum absolute atomic E-state index is 0. The van der Waals surface area contributed by atoms with E-state index in [1.54, 1.807) is 12.4 Å². The molecule has 2 aromatic heterocycles. The first-order chi connectivity index (χ1) is 11.2. The van der Waals surface area contributed by atoms with E-state index < -0.39 is 5.54 Å². The summed E-state index contributed by atoms with van der Waals surface area (Å²) in [7, 11) is 0. The molecule has 0 saturated heterocycles. The first-order valence-corrected chi connectivity index (χ1v) is 8.18. The molecule has 1 fully saturated rings. The van der Waals surface area contributed by atoms with Crippen molar-refractivity contribution in [3.8, 4) is 0 Å². The summed E-state index contributed by atoms with van der Waals surface area (Å²) in [6.45, 7) is 0.758. The van der Waals surface area contributed by atoms with Crippen molar-refractivity contribution < 1.29 is 4.79 Å². The maximum Gasteiger partial charge on any atom is 0.245 e. The number of aryl methyl sites for hydroxylation is 2. The Bertz CT molecular complexity index is 656. The Morgan fingerprint density at radius 1 is 1.16 bits per heavy atom. The van der Waals surface area contributed by atoms with Gasteiger partial charge in [-0.25, -0.2) is 0 Å². The van der Waals surface area contributed by atoms with E-state index >= 15 is 0 Å². The summed E-state index contributed by atoms with van der Waals surface area (Å²) < 4.78 is 1.83. The number of hydrogen-bond donors (Lipinski definition) is 2. The monoisotopic (exact) mass is 385 g/mol. The van der Waals surface area contributed by atoms with Gasteiger partial charge in [-0.3, -0.25) is 14.5 Å². The minimum Gasteiger partial charge on any atom is -0.317 e. The highest BCUT2D eigenvalue weighted by Gasteiger charge is 2.35. The van der Waals surface area contributed by atoms with Gasteiger partial charge in [-0.15, -0.1) is 24.8 Å². The lowest BCUT2D eigenvalue weighted by molar-refractivity contribution is -0.122. The van der Waals surface area contributed by atoms with Gasteiger partial charge in [0, 0.05) is 31.2 Å². The lowest BCUT2D eigenvalue weighted by atomic mass is 9.82. The molecule has 3 rings (SSSR count). The van der Waals surface area contributed by atoms with Crippen LogP contribution in [0.15, 0.2) is 36.8 Å². The van der Waals surface area contributed by atoms with Gasteiger partial charge in [0.05, 0.1) is 5.54 Å². The highest BCUT2D eigenvalue weighted by atomic mass is 35.5. The topological polar surface area (TPSA) is 85.8 Å². The summed E-state index contributed by atoms with van der Waals surface area (Å²) >= 11 is 0. The molecule has 25 heavy (non-hydrogen) atoms. The molecule has 0 unspecified atom stereocenters. The molecule has 8 heteroatoms. The van der Waals surface area contributed by atoms with Gasteiger partial charge in [0.25, 0.3) is 0 Å². The van der Waals surface area contributed by atoms with Crippen LogP contribution >= 0.6 is 24.8 Å². The largest absolute Gasteiger partial charge is 0.317 e. The zero-order chi connectivity index (χ0) is 16.1. The maximum absolute atomic E-state index is 12.4. The Hall–Kier alpha value is -1.63. The molecule has 0 bridgehead atoms. The number of nitrogens with one attached hydrogen (secondary N) is 1. The van der Waals surface area contributed by atoms with Gasteiger partial charge >= 0.3 is 0 Å². The standard InChI is InChI=1S/C17H23N5O.2ClH/c18-17(8-2-1-3-9-17)16(23)20-15-7-13-22(21-15)12-6-14-4-10-19-11-5-14;;/h4-5,7,10-11,13H,1-3,6,8-9,12,18H2,(H,20,21,23);2*1H. The van der Waals surface area contributed by atoms with Gasteiger partial charge in [-0.1, -0.05) is 19.3 Å². The zero-order valence-electron chi connectivity index (χ0n) is 14.1. The van der Waals surface area contributed by atoms with Gasteiger partial charge in [-0.2, -0.15) is 5.10 Å². The smallest absolute Gasteiger partial charge is 0.245 e. The molecule has 138 valence electrons. The molecule has 0 radical (unpaired) electrons. The van der Waals surface area contributed by atoms with Crippen molar-refractivity contribution in [2.75, 3.05) is 5.32 Å². The highest BCUT2D eigenvalue weighted by Crippen LogP contribution is 2.26. The molecular weight excluding hydrogens is 361 g/mol. The van der Waals surface area contributed by atoms with Gasteiger partial charge in [0.2, 0.25) is 5.91 Å². The number of carbonyl (C=O) groups is 1. The Kier molecular flexibility index (Phi) is 8.35. The number of nitrogens with zero attached hydrogens (tertiary/aromatic N) is 3. The predicted octanol–water partition coefficient (Wildman–Crippen LogP) is 2.96. The average Bonchev–Trinajstić information content (AvgIpc) is 3.02. The Morgan fingerprint density at radius 2 is 1.84 bits per heavy atom. The van der Waals surface area contributed by atoms with E-state index in [9.17, 15) is 4.79 Å². The second kappa shape index (κ2) is 9.75. The summed E-state index contributed by atoms with van der Waals surface area (Å²) in [6, 6.07) is 5.80. The van der Waals surface area contributed by atoms with Crippen LogP contribution in [0.3, 0.4) is 0 Å². The Labute approximate surface area is 160 Å². The number of aromatic nitrogens is 3. The number of carbonyl (C=O) groups excluding carboxylic acids is 1. The van der Waals surface area contributed by atoms with Crippen molar-refractivity contribution in [3.05, 3.63) is 42.4 Å². The van der Waals surface area contributed by atoms with Crippen molar-refractivity contribution in [2.24, 2.45) is 5.73 Å². The third-order valence-corrected chi connectivity index (χ3v) is 4.46. The van der Waals surface area contributed by atoms with Gasteiger partial charge in [-0.05, 0) is 37.0 Å². The molecule has 0 atom stereocenters. The fraction of sp³-hybridized carbons (Fsp3) is 0.471. The van der Waals surface area contributed by atoms with Crippen molar-refractivity contribution in [3.63, 3.8) is 0 Å². The first-order valence-electron chi connectivity index (χ1n) is 8.18. The summed E-state index contributed by atoms with van der Waals surface area (Å²) in [4.78, 5) is 16.4. The summed E-state index contributed by atoms with van der Waals surface area (Å²) in [5.41, 5.74) is 6.71. The molecule has 0 aliphatic heterocycles. The van der Waals surface area contributed by atoms with Crippen LogP contribution in [0.1, 0.15) is 37.7 Å². The van der Waals surface area contributed by atoms with Crippen LogP contribution in [0.25, 0.3) is 0 Å². The summed E-state index contributed by atoms with van der Waals surface area (Å²) in [6.07, 6.45) is 11.0. The van der Waals surface area contributed by atoms with Crippen molar-refractivity contribution in [1.29, 1.82) is 0 Å². The lowest BCUT2D eigenvalue weighted by Gasteiger charge is -2.31. The molecule has 6 nitrogen and oxygen atoms in total. The van der Waals surface area contributed by atoms with Gasteiger partial charge in [0.1, 0.15) is 0 Å². The summed E-state index contributed by atoms with van der Waals surface area (Å²) in [5, 5.41) is 7.27. The zero-order valence-corrected chi connectivity index (χ0v) is 15.7. The summed E-state index contributed by atoms with van der Waals surface area (Å²) in [5.74, 6) is 0.455. The molecule has 1 aliphatic rings. The fourth-order valence-corrected chi connectivity index (χ4v) is 3.00. The van der Waals surface area contributed by atoms with Gasteiger partial charge < -0.3 is 11.1 Å². The van der Waals surface area contributed by atoms with E-state index in [1.807, 2.05) is 29.1 Å². The number of nitrogens with two attached hydrogens (primary N) is 1. The number of rotatable bonds is 5. The molecule has 1 saturated carbocycles. The Morgan fingerprint density at radius 3 is 2.52 bits per heavy atom. The van der Waals surface area contributed by atoms with Crippen LogP contribution in [0, 0.1) is 0 Å². The number of pyridine rings is 1. The van der Waals surface area contributed by atoms with Crippen molar-refractivity contribution >= 4 is 36.5 Å². The SMILES string of the molecule is Cl.Cl.NC1(C(=O)Nc2ccn(CCc3ccncc3)n2)CCCCC1. The van der Waals surface area contributed by atoms with E-state index in [2.05, 4.69) is 15.4 Å². The third kappa shape index (κ3) is 5.70. The van der Waals surface area contributed by atoms with E-state index in [-0.39, 0.29) is 30.7 Å². The van der Waals surface area contributed by atoms with Crippen LogP contribution in [-0.4, -0.2) is 26.2 Å². The van der Waals surface area contributed by atoms with Crippen molar-refractivity contribution in [1.82, 2.24) is 14.8 Å². The molecule has 2 heterocycles. The quantitative estimate of drug-likeness (QED) is 0.827. The number of hydrogen-bond acceptors (Lipinski definition) is 4. The van der Waals surface area contributed by atoms with E-state index in [1.165, 1.54) is 5.56 Å². The van der Waals surface area contributed by atoms with Crippen molar-refractivity contribution in [2.45, 2.75) is 50.6 Å². The number of halogens is 2. The molecular formula is C17H25Cl2N5O. The number of amides is 1. The normalized spacial score (nSPS) is 15.6. The highest BCUT2D eigenvalue weighted by molar-refractivity contribution is 5.97. The lowest BCUT2D eigenvalue weighted by Crippen LogP contribution is -2.52. The third-order valence-electron chi connectivity index (χ3n) is 4.46. The molecule has 1 amide bonds. The van der Waals surface area contributed by atoms with Crippen LogP contribution < -0.4 is 11.1 Å². The van der Waals surface area contributed by atoms with E-state index in [0.717, 1.165) is 45.1 Å². The first kappa shape index (κ1) is 21.4. The second-order valence-electron chi connectivity index (χ2n) is 6.24. The number of anilines is 1. The van der Waals surface area contributed by atoms with E-state index in [0.29, 0.717) is 5.82 Å². The van der Waals surface area contributed by atoms with Crippen LogP contribution in [0.5, 0.6) is 0 Å². The predicted molar refractivity (Wildman–Crippen MR) is 103 cm³/mol. The van der Waals surface area contributed by atoms with Crippen LogP contribution in [-0.2, 0) is 17.8 Å². The Balaban J connectivity index is 0.00000156. The molecule has 0 aromatic carbocycles. The average molecular weight is 386 g/mol. The van der Waals surface area contributed by atoms with Crippen LogP contribution in [0.4, 0.5) is 5.82 Å². The molecule has 2 aromatic rings. The van der Waals surface area contributed by atoms with E-state index in [4.69, 9.17) is 5.73 Å². The van der Waals surface area contributed by atoms with Gasteiger partial charge in [0.15, 0.2) is 5.82 Å². The minimum atomic E-state index is -0.737. The fourth-order valence-electron chi connectivity index (χ4n) is 3.00. The molecule has 3 N–H and O–H groups in total. The molecule has 1 aliphatic carbocycles. The molecule has 0 spiro atoms. The van der Waals surface area contributed by atoms with Crippen LogP contribution in [0.2, 0.25) is 0 Å². The maximum atomic E-state index is 12.4. The second-order valence-corrected chi connectivity index (χ2v) is 6.24.